The minimum atomic E-state index is -0.0626. The standard InChI is InChI=1S/C12H17F/c1-8-6-7-10(12(3,4)5)9(2)11(8)13/h6-7H,1-5H3. The lowest BCUT2D eigenvalue weighted by atomic mass is 9.83. The number of halogens is 1. The van der Waals surface area contributed by atoms with Crippen LogP contribution >= 0.6 is 0 Å². The number of hydrogen-bond donors (Lipinski definition) is 0. The highest BCUT2D eigenvalue weighted by Crippen LogP contribution is 2.27. The van der Waals surface area contributed by atoms with Crippen molar-refractivity contribution in [2.75, 3.05) is 0 Å². The zero-order valence-corrected chi connectivity index (χ0v) is 9.03. The van der Waals surface area contributed by atoms with E-state index in [0.29, 0.717) is 0 Å². The summed E-state index contributed by atoms with van der Waals surface area (Å²) in [6.07, 6.45) is 0. The van der Waals surface area contributed by atoms with Crippen molar-refractivity contribution in [1.82, 2.24) is 0 Å². The van der Waals surface area contributed by atoms with Crippen LogP contribution in [0.25, 0.3) is 0 Å². The normalized spacial score (nSPS) is 11.8. The summed E-state index contributed by atoms with van der Waals surface area (Å²) in [5, 5.41) is 0. The summed E-state index contributed by atoms with van der Waals surface area (Å²) in [5.41, 5.74) is 2.63. The van der Waals surface area contributed by atoms with Crippen molar-refractivity contribution in [2.45, 2.75) is 40.0 Å². The summed E-state index contributed by atoms with van der Waals surface area (Å²) >= 11 is 0. The lowest BCUT2D eigenvalue weighted by molar-refractivity contribution is 0.559. The molecule has 0 amide bonds. The van der Waals surface area contributed by atoms with Gasteiger partial charge in [0.25, 0.3) is 0 Å². The van der Waals surface area contributed by atoms with Crippen molar-refractivity contribution >= 4 is 0 Å². The van der Waals surface area contributed by atoms with Gasteiger partial charge in [-0.05, 0) is 36.0 Å². The molecule has 0 N–H and O–H groups in total. The van der Waals surface area contributed by atoms with Gasteiger partial charge in [0.2, 0.25) is 0 Å². The topological polar surface area (TPSA) is 0 Å². The van der Waals surface area contributed by atoms with Crippen LogP contribution in [0.15, 0.2) is 12.1 Å². The summed E-state index contributed by atoms with van der Waals surface area (Å²) in [5.74, 6) is -0.0626. The van der Waals surface area contributed by atoms with Gasteiger partial charge in [0.05, 0.1) is 0 Å². The third-order valence-electron chi connectivity index (χ3n) is 2.39. The molecule has 0 aliphatic carbocycles. The minimum absolute atomic E-state index is 0.0264. The molecule has 1 heteroatoms. The van der Waals surface area contributed by atoms with Crippen molar-refractivity contribution < 1.29 is 4.39 Å². The molecule has 0 spiro atoms. The third kappa shape index (κ3) is 1.90. The first-order chi connectivity index (χ1) is 5.84. The number of aryl methyl sites for hydroxylation is 1. The van der Waals surface area contributed by atoms with E-state index >= 15 is 0 Å². The predicted octanol–water partition coefficient (Wildman–Crippen LogP) is 3.74. The Kier molecular flexibility index (Phi) is 2.47. The Hall–Kier alpha value is -0.850. The quantitative estimate of drug-likeness (QED) is 0.570. The lowest BCUT2D eigenvalue weighted by Crippen LogP contribution is -2.14. The van der Waals surface area contributed by atoms with E-state index in [1.54, 1.807) is 6.92 Å². The van der Waals surface area contributed by atoms with Crippen molar-refractivity contribution in [3.05, 3.63) is 34.6 Å². The van der Waals surface area contributed by atoms with Gasteiger partial charge in [-0.1, -0.05) is 32.9 Å². The molecule has 0 saturated carbocycles. The fourth-order valence-electron chi connectivity index (χ4n) is 1.63. The maximum absolute atomic E-state index is 13.5. The molecule has 0 radical (unpaired) electrons. The van der Waals surface area contributed by atoms with E-state index < -0.39 is 0 Å². The Morgan fingerprint density at radius 3 is 2.08 bits per heavy atom. The Morgan fingerprint density at radius 2 is 1.62 bits per heavy atom. The predicted molar refractivity (Wildman–Crippen MR) is 54.6 cm³/mol. The molecule has 1 aromatic carbocycles. The van der Waals surface area contributed by atoms with Gasteiger partial charge in [-0.15, -0.1) is 0 Å². The summed E-state index contributed by atoms with van der Waals surface area (Å²) < 4.78 is 13.5. The van der Waals surface area contributed by atoms with Crippen LogP contribution in [0.5, 0.6) is 0 Å². The van der Waals surface area contributed by atoms with Crippen molar-refractivity contribution in [3.8, 4) is 0 Å². The molecule has 0 atom stereocenters. The van der Waals surface area contributed by atoms with Crippen LogP contribution in [-0.4, -0.2) is 0 Å². The molecule has 0 aliphatic rings. The third-order valence-corrected chi connectivity index (χ3v) is 2.39. The molecular formula is C12H17F. The Bertz CT molecular complexity index is 319. The average molecular weight is 180 g/mol. The fraction of sp³-hybridized carbons (Fsp3) is 0.500. The van der Waals surface area contributed by atoms with Gasteiger partial charge in [-0.2, -0.15) is 0 Å². The number of hydrogen-bond acceptors (Lipinski definition) is 0. The Labute approximate surface area is 79.8 Å². The van der Waals surface area contributed by atoms with Crippen LogP contribution in [0.4, 0.5) is 4.39 Å². The maximum atomic E-state index is 13.5. The van der Waals surface area contributed by atoms with Crippen LogP contribution in [0.2, 0.25) is 0 Å². The highest BCUT2D eigenvalue weighted by molar-refractivity contribution is 5.36. The average Bonchev–Trinajstić information content (AvgIpc) is 1.98. The molecule has 0 fully saturated rings. The Balaban J connectivity index is 3.35. The molecule has 0 saturated heterocycles. The highest BCUT2D eigenvalue weighted by atomic mass is 19.1. The van der Waals surface area contributed by atoms with Gasteiger partial charge < -0.3 is 0 Å². The fourth-order valence-corrected chi connectivity index (χ4v) is 1.63. The summed E-state index contributed by atoms with van der Waals surface area (Å²) in [6, 6.07) is 3.87. The molecule has 0 heterocycles. The molecule has 0 unspecified atom stereocenters. The van der Waals surface area contributed by atoms with Crippen molar-refractivity contribution in [3.63, 3.8) is 0 Å². The van der Waals surface area contributed by atoms with E-state index in [1.165, 1.54) is 0 Å². The summed E-state index contributed by atoms with van der Waals surface area (Å²) in [6.45, 7) is 9.95. The molecular weight excluding hydrogens is 163 g/mol. The van der Waals surface area contributed by atoms with Gasteiger partial charge in [0, 0.05) is 0 Å². The molecule has 13 heavy (non-hydrogen) atoms. The van der Waals surface area contributed by atoms with Crippen LogP contribution in [0, 0.1) is 19.7 Å². The minimum Gasteiger partial charge on any atom is -0.206 e. The van der Waals surface area contributed by atoms with Crippen molar-refractivity contribution in [1.29, 1.82) is 0 Å². The molecule has 0 nitrogen and oxygen atoms in total. The van der Waals surface area contributed by atoms with Crippen LogP contribution in [0.3, 0.4) is 0 Å². The summed E-state index contributed by atoms with van der Waals surface area (Å²) in [7, 11) is 0. The van der Waals surface area contributed by atoms with Crippen LogP contribution in [0.1, 0.15) is 37.5 Å². The van der Waals surface area contributed by atoms with Gasteiger partial charge in [0.15, 0.2) is 0 Å². The monoisotopic (exact) mass is 180 g/mol. The second-order valence-electron chi connectivity index (χ2n) is 4.62. The van der Waals surface area contributed by atoms with Gasteiger partial charge >= 0.3 is 0 Å². The van der Waals surface area contributed by atoms with E-state index in [1.807, 2.05) is 19.1 Å². The first-order valence-electron chi connectivity index (χ1n) is 4.60. The maximum Gasteiger partial charge on any atom is 0.129 e. The number of benzene rings is 1. The van der Waals surface area contributed by atoms with E-state index in [-0.39, 0.29) is 11.2 Å². The van der Waals surface area contributed by atoms with E-state index in [4.69, 9.17) is 0 Å². The first-order valence-corrected chi connectivity index (χ1v) is 4.60. The molecule has 0 bridgehead atoms. The smallest absolute Gasteiger partial charge is 0.129 e. The Morgan fingerprint density at radius 1 is 1.08 bits per heavy atom. The number of rotatable bonds is 0. The molecule has 1 rings (SSSR count). The zero-order chi connectivity index (χ0) is 10.2. The van der Waals surface area contributed by atoms with Gasteiger partial charge in [-0.3, -0.25) is 0 Å². The zero-order valence-electron chi connectivity index (χ0n) is 9.03. The second kappa shape index (κ2) is 3.13. The van der Waals surface area contributed by atoms with Gasteiger partial charge in [-0.25, -0.2) is 4.39 Å². The first kappa shape index (κ1) is 10.2. The second-order valence-corrected chi connectivity index (χ2v) is 4.62. The lowest BCUT2D eigenvalue weighted by Gasteiger charge is -2.22. The highest BCUT2D eigenvalue weighted by Gasteiger charge is 2.18. The largest absolute Gasteiger partial charge is 0.206 e. The van der Waals surface area contributed by atoms with E-state index in [9.17, 15) is 4.39 Å². The molecule has 0 aliphatic heterocycles. The van der Waals surface area contributed by atoms with Gasteiger partial charge in [0.1, 0.15) is 5.82 Å². The molecule has 1 aromatic rings. The van der Waals surface area contributed by atoms with E-state index in [0.717, 1.165) is 16.7 Å². The van der Waals surface area contributed by atoms with Crippen LogP contribution < -0.4 is 0 Å². The molecule has 72 valence electrons. The van der Waals surface area contributed by atoms with E-state index in [2.05, 4.69) is 20.8 Å². The molecule has 0 aromatic heterocycles. The van der Waals surface area contributed by atoms with Crippen molar-refractivity contribution in [2.24, 2.45) is 0 Å². The van der Waals surface area contributed by atoms with Crippen LogP contribution in [-0.2, 0) is 5.41 Å². The SMILES string of the molecule is Cc1ccc(C(C)(C)C)c(C)c1F. The summed E-state index contributed by atoms with van der Waals surface area (Å²) in [4.78, 5) is 0.